The van der Waals surface area contributed by atoms with Gasteiger partial charge in [-0.2, -0.15) is 0 Å². The molecule has 1 amide bonds. The zero-order valence-electron chi connectivity index (χ0n) is 13.5. The van der Waals surface area contributed by atoms with Crippen molar-refractivity contribution in [2.45, 2.75) is 51.7 Å². The standard InChI is InChI=1S/C18H26N2O2/c1-12(2)18(22)20-10-4-5-13-11-14(7-8-16(13)20)17(21)15-6-3-9-19-15/h7-8,11-12,15,17,19,21H,3-6,9-10H2,1-2H3. The van der Waals surface area contributed by atoms with Crippen molar-refractivity contribution in [1.29, 1.82) is 0 Å². The average molecular weight is 302 g/mol. The maximum absolute atomic E-state index is 12.4. The van der Waals surface area contributed by atoms with Crippen LogP contribution in [0.15, 0.2) is 18.2 Å². The lowest BCUT2D eigenvalue weighted by molar-refractivity contribution is -0.121. The molecule has 2 atom stereocenters. The van der Waals surface area contributed by atoms with Gasteiger partial charge in [-0.15, -0.1) is 0 Å². The molecule has 2 aliphatic rings. The second-order valence-corrected chi connectivity index (χ2v) is 6.78. The monoisotopic (exact) mass is 302 g/mol. The summed E-state index contributed by atoms with van der Waals surface area (Å²) >= 11 is 0. The zero-order chi connectivity index (χ0) is 15.7. The van der Waals surface area contributed by atoms with Crippen molar-refractivity contribution in [3.05, 3.63) is 29.3 Å². The highest BCUT2D eigenvalue weighted by atomic mass is 16.3. The number of aryl methyl sites for hydroxylation is 1. The van der Waals surface area contributed by atoms with Gasteiger partial charge >= 0.3 is 0 Å². The SMILES string of the molecule is CC(C)C(=O)N1CCCc2cc(C(O)C3CCCN3)ccc21. The molecule has 2 aliphatic heterocycles. The maximum Gasteiger partial charge on any atom is 0.229 e. The van der Waals surface area contributed by atoms with Crippen molar-refractivity contribution in [3.8, 4) is 0 Å². The number of hydrogen-bond donors (Lipinski definition) is 2. The highest BCUT2D eigenvalue weighted by Crippen LogP contribution is 2.32. The van der Waals surface area contributed by atoms with Crippen LogP contribution in [0.1, 0.15) is 50.3 Å². The third-order valence-electron chi connectivity index (χ3n) is 4.80. The maximum atomic E-state index is 12.4. The molecule has 2 unspecified atom stereocenters. The minimum absolute atomic E-state index is 0.0129. The molecule has 1 aromatic carbocycles. The lowest BCUT2D eigenvalue weighted by atomic mass is 9.94. The number of carbonyl (C=O) groups excluding carboxylic acids is 1. The van der Waals surface area contributed by atoms with Gasteiger partial charge in [0, 0.05) is 24.2 Å². The topological polar surface area (TPSA) is 52.6 Å². The molecule has 4 nitrogen and oxygen atoms in total. The van der Waals surface area contributed by atoms with E-state index in [4.69, 9.17) is 0 Å². The molecule has 22 heavy (non-hydrogen) atoms. The van der Waals surface area contributed by atoms with Gasteiger partial charge in [0.1, 0.15) is 0 Å². The fraction of sp³-hybridized carbons (Fsp3) is 0.611. The van der Waals surface area contributed by atoms with Gasteiger partial charge in [-0.1, -0.05) is 26.0 Å². The first kappa shape index (κ1) is 15.5. The predicted molar refractivity (Wildman–Crippen MR) is 87.9 cm³/mol. The Hall–Kier alpha value is -1.39. The van der Waals surface area contributed by atoms with Gasteiger partial charge in [0.2, 0.25) is 5.91 Å². The molecule has 1 aromatic rings. The van der Waals surface area contributed by atoms with Crippen molar-refractivity contribution in [2.24, 2.45) is 5.92 Å². The Bertz CT molecular complexity index is 550. The van der Waals surface area contributed by atoms with E-state index in [9.17, 15) is 9.90 Å². The van der Waals surface area contributed by atoms with Crippen LogP contribution in [0.25, 0.3) is 0 Å². The van der Waals surface area contributed by atoms with Crippen molar-refractivity contribution in [1.82, 2.24) is 5.32 Å². The quantitative estimate of drug-likeness (QED) is 0.901. The van der Waals surface area contributed by atoms with Gasteiger partial charge in [0.25, 0.3) is 0 Å². The molecule has 1 saturated heterocycles. The smallest absolute Gasteiger partial charge is 0.229 e. The van der Waals surface area contributed by atoms with E-state index in [1.54, 1.807) is 0 Å². The number of carbonyl (C=O) groups is 1. The normalized spacial score (nSPS) is 22.7. The van der Waals surface area contributed by atoms with E-state index in [2.05, 4.69) is 11.4 Å². The van der Waals surface area contributed by atoms with Crippen molar-refractivity contribution >= 4 is 11.6 Å². The van der Waals surface area contributed by atoms with Crippen LogP contribution >= 0.6 is 0 Å². The largest absolute Gasteiger partial charge is 0.387 e. The van der Waals surface area contributed by atoms with Gasteiger partial charge < -0.3 is 15.3 Å². The van der Waals surface area contributed by atoms with Crippen LogP contribution in [0.3, 0.4) is 0 Å². The number of hydrogen-bond acceptors (Lipinski definition) is 3. The summed E-state index contributed by atoms with van der Waals surface area (Å²) in [6, 6.07) is 6.26. The molecule has 2 heterocycles. The number of anilines is 1. The van der Waals surface area contributed by atoms with Crippen LogP contribution < -0.4 is 10.2 Å². The van der Waals surface area contributed by atoms with E-state index in [0.29, 0.717) is 0 Å². The summed E-state index contributed by atoms with van der Waals surface area (Å²) in [5.74, 6) is 0.200. The second kappa shape index (κ2) is 6.39. The summed E-state index contributed by atoms with van der Waals surface area (Å²) in [7, 11) is 0. The lowest BCUT2D eigenvalue weighted by Gasteiger charge is -2.32. The molecule has 2 N–H and O–H groups in total. The van der Waals surface area contributed by atoms with Crippen LogP contribution in [-0.4, -0.2) is 30.1 Å². The number of rotatable bonds is 3. The summed E-state index contributed by atoms with van der Waals surface area (Å²) in [6.07, 6.45) is 3.67. The first-order chi connectivity index (χ1) is 10.6. The predicted octanol–water partition coefficient (Wildman–Crippen LogP) is 2.41. The zero-order valence-corrected chi connectivity index (χ0v) is 13.5. The van der Waals surface area contributed by atoms with E-state index in [1.807, 2.05) is 30.9 Å². The minimum atomic E-state index is -0.455. The molecule has 3 rings (SSSR count). The average Bonchev–Trinajstić information content (AvgIpc) is 3.06. The third kappa shape index (κ3) is 2.90. The molecule has 0 aliphatic carbocycles. The molecule has 1 fully saturated rings. The Morgan fingerprint density at radius 1 is 1.36 bits per heavy atom. The van der Waals surface area contributed by atoms with Crippen LogP contribution in [-0.2, 0) is 11.2 Å². The highest BCUT2D eigenvalue weighted by Gasteiger charge is 2.27. The Balaban J connectivity index is 1.85. The number of amides is 1. The minimum Gasteiger partial charge on any atom is -0.387 e. The molecule has 0 spiro atoms. The number of nitrogens with zero attached hydrogens (tertiary/aromatic N) is 1. The van der Waals surface area contributed by atoms with Gasteiger partial charge in [0.05, 0.1) is 6.10 Å². The van der Waals surface area contributed by atoms with E-state index in [0.717, 1.165) is 50.0 Å². The van der Waals surface area contributed by atoms with Crippen molar-refractivity contribution in [3.63, 3.8) is 0 Å². The molecular weight excluding hydrogens is 276 g/mol. The summed E-state index contributed by atoms with van der Waals surface area (Å²) in [5.41, 5.74) is 3.19. The van der Waals surface area contributed by atoms with E-state index < -0.39 is 6.10 Å². The van der Waals surface area contributed by atoms with Gasteiger partial charge in [-0.3, -0.25) is 4.79 Å². The van der Waals surface area contributed by atoms with Crippen LogP contribution in [0.5, 0.6) is 0 Å². The number of fused-ring (bicyclic) bond motifs is 1. The molecular formula is C18H26N2O2. The second-order valence-electron chi connectivity index (χ2n) is 6.78. The Morgan fingerprint density at radius 2 is 2.18 bits per heavy atom. The van der Waals surface area contributed by atoms with E-state index in [-0.39, 0.29) is 17.9 Å². The highest BCUT2D eigenvalue weighted by molar-refractivity contribution is 5.95. The molecule has 120 valence electrons. The van der Waals surface area contributed by atoms with E-state index in [1.165, 1.54) is 5.56 Å². The molecule has 0 aromatic heterocycles. The summed E-state index contributed by atoms with van der Waals surface area (Å²) < 4.78 is 0. The number of aliphatic hydroxyl groups is 1. The van der Waals surface area contributed by atoms with E-state index >= 15 is 0 Å². The summed E-state index contributed by atoms with van der Waals surface area (Å²) in [6.45, 7) is 5.68. The van der Waals surface area contributed by atoms with Gasteiger partial charge in [-0.05, 0) is 49.4 Å². The molecule has 4 heteroatoms. The first-order valence-corrected chi connectivity index (χ1v) is 8.43. The molecule has 0 radical (unpaired) electrons. The lowest BCUT2D eigenvalue weighted by Crippen LogP contribution is -2.38. The summed E-state index contributed by atoms with van der Waals surface area (Å²) in [4.78, 5) is 14.3. The molecule has 0 saturated carbocycles. The fourth-order valence-electron chi connectivity index (χ4n) is 3.55. The number of aliphatic hydroxyl groups excluding tert-OH is 1. The fourth-order valence-corrected chi connectivity index (χ4v) is 3.55. The number of benzene rings is 1. The Labute approximate surface area is 132 Å². The summed E-state index contributed by atoms with van der Waals surface area (Å²) in [5, 5.41) is 13.9. The van der Waals surface area contributed by atoms with Crippen molar-refractivity contribution in [2.75, 3.05) is 18.0 Å². The third-order valence-corrected chi connectivity index (χ3v) is 4.80. The van der Waals surface area contributed by atoms with Gasteiger partial charge in [0.15, 0.2) is 0 Å². The van der Waals surface area contributed by atoms with Crippen molar-refractivity contribution < 1.29 is 9.90 Å². The first-order valence-electron chi connectivity index (χ1n) is 8.43. The molecule has 0 bridgehead atoms. The Morgan fingerprint density at radius 3 is 2.86 bits per heavy atom. The van der Waals surface area contributed by atoms with Crippen LogP contribution in [0, 0.1) is 5.92 Å². The van der Waals surface area contributed by atoms with Gasteiger partial charge in [-0.25, -0.2) is 0 Å². The van der Waals surface area contributed by atoms with Crippen LogP contribution in [0.4, 0.5) is 5.69 Å². The number of nitrogens with one attached hydrogen (secondary N) is 1. The Kier molecular flexibility index (Phi) is 4.50. The van der Waals surface area contributed by atoms with Crippen LogP contribution in [0.2, 0.25) is 0 Å².